The molecule has 23 heavy (non-hydrogen) atoms. The summed E-state index contributed by atoms with van der Waals surface area (Å²) in [6, 6.07) is 0. The maximum Gasteiger partial charge on any atom is 0.205 e. The third-order valence-electron chi connectivity index (χ3n) is 2.54. The predicted octanol–water partition coefficient (Wildman–Crippen LogP) is 6.12. The van der Waals surface area contributed by atoms with E-state index in [4.69, 9.17) is 0 Å². The van der Waals surface area contributed by atoms with Crippen LogP contribution in [-0.4, -0.2) is 0 Å². The molecule has 2 aromatic rings. The predicted molar refractivity (Wildman–Crippen MR) is 68.0 cm³/mol. The second-order valence-electron chi connectivity index (χ2n) is 3.90. The van der Waals surface area contributed by atoms with E-state index in [1.165, 1.54) is 0 Å². The lowest BCUT2D eigenvalue weighted by atomic mass is 10.2. The maximum atomic E-state index is 13.6. The molecule has 124 valence electrons. The lowest BCUT2D eigenvalue weighted by Crippen LogP contribution is -2.06. The molecule has 11 heteroatoms. The van der Waals surface area contributed by atoms with E-state index in [1.807, 2.05) is 0 Å². The fourth-order valence-corrected chi connectivity index (χ4v) is 2.15. The highest BCUT2D eigenvalue weighted by Crippen LogP contribution is 2.39. The van der Waals surface area contributed by atoms with E-state index >= 15 is 0 Å². The first-order valence-corrected chi connectivity index (χ1v) is 6.88. The number of hydrogen-bond acceptors (Lipinski definition) is 1. The van der Waals surface area contributed by atoms with Crippen LogP contribution in [-0.2, 0) is 0 Å². The average Bonchev–Trinajstić information content (AvgIpc) is 2.54. The Morgan fingerprint density at radius 2 is 0.652 bits per heavy atom. The van der Waals surface area contributed by atoms with E-state index in [0.29, 0.717) is 0 Å². The molecule has 0 heterocycles. The van der Waals surface area contributed by atoms with Crippen LogP contribution in [0.4, 0.5) is 35.1 Å². The number of hydrogen-bond donors (Lipinski definition) is 0. The molecule has 0 amide bonds. The molecule has 2 rings (SSSR count). The molecule has 0 aliphatic carbocycles. The third kappa shape index (κ3) is 2.80. The average molecular weight is 472 g/mol. The minimum atomic E-state index is -2.17. The Balaban J connectivity index is 2.71. The van der Waals surface area contributed by atoms with E-state index in [0.717, 1.165) is 0 Å². The van der Waals surface area contributed by atoms with Crippen molar-refractivity contribution in [2.24, 2.45) is 0 Å². The fraction of sp³-hybridized carbons (Fsp3) is 0. The zero-order valence-electron chi connectivity index (χ0n) is 10.2. The Morgan fingerprint density at radius 3 is 0.870 bits per heavy atom. The summed E-state index contributed by atoms with van der Waals surface area (Å²) in [7, 11) is 0. The van der Waals surface area contributed by atoms with Gasteiger partial charge >= 0.3 is 0 Å². The summed E-state index contributed by atoms with van der Waals surface area (Å²) in [5, 5.41) is 0. The van der Waals surface area contributed by atoms with Crippen molar-refractivity contribution in [1.29, 1.82) is 0 Å². The minimum Gasteiger partial charge on any atom is -0.444 e. The van der Waals surface area contributed by atoms with Gasteiger partial charge in [-0.15, -0.1) is 0 Å². The van der Waals surface area contributed by atoms with Crippen LogP contribution in [0.2, 0.25) is 0 Å². The summed E-state index contributed by atoms with van der Waals surface area (Å²) >= 11 is 4.40. The molecule has 0 bridgehead atoms. The number of ether oxygens (including phenoxy) is 1. The maximum absolute atomic E-state index is 13.6. The van der Waals surface area contributed by atoms with Gasteiger partial charge in [-0.2, -0.15) is 17.6 Å². The molecule has 0 aromatic heterocycles. The normalized spacial score (nSPS) is 11.0. The highest BCUT2D eigenvalue weighted by atomic mass is 79.9. The van der Waals surface area contributed by atoms with Crippen LogP contribution in [0.1, 0.15) is 0 Å². The van der Waals surface area contributed by atoms with Gasteiger partial charge in [0, 0.05) is 0 Å². The van der Waals surface area contributed by atoms with E-state index in [2.05, 4.69) is 36.6 Å². The van der Waals surface area contributed by atoms with Gasteiger partial charge in [-0.1, -0.05) is 0 Å². The van der Waals surface area contributed by atoms with Gasteiger partial charge < -0.3 is 4.74 Å². The molecule has 0 unspecified atom stereocenters. The van der Waals surface area contributed by atoms with Gasteiger partial charge in [-0.05, 0) is 31.9 Å². The molecule has 0 fully saturated rings. The van der Waals surface area contributed by atoms with Gasteiger partial charge in [0.15, 0.2) is 23.3 Å². The summed E-state index contributed by atoms with van der Waals surface area (Å²) in [6.07, 6.45) is 0. The summed E-state index contributed by atoms with van der Waals surface area (Å²) in [5.41, 5.74) is 0. The van der Waals surface area contributed by atoms with Crippen LogP contribution in [0.5, 0.6) is 11.5 Å². The lowest BCUT2D eigenvalue weighted by Gasteiger charge is -2.13. The van der Waals surface area contributed by atoms with Gasteiger partial charge in [0.1, 0.15) is 0 Å². The van der Waals surface area contributed by atoms with Crippen LogP contribution in [0.3, 0.4) is 0 Å². The first kappa shape index (κ1) is 18.0. The summed E-state index contributed by atoms with van der Waals surface area (Å²) in [6.45, 7) is 0. The third-order valence-corrected chi connectivity index (χ3v) is 3.94. The van der Waals surface area contributed by atoms with E-state index in [-0.39, 0.29) is 0 Å². The standard InChI is InChI=1S/C12Br2F8O/c13-1-3(15)7(19)11(8(20)4(1)16)23-12-9(21)5(17)2(14)6(18)10(12)22. The Bertz CT molecular complexity index is 698. The first-order chi connectivity index (χ1) is 10.6. The van der Waals surface area contributed by atoms with Crippen LogP contribution >= 0.6 is 31.9 Å². The Morgan fingerprint density at radius 1 is 0.435 bits per heavy atom. The topological polar surface area (TPSA) is 9.23 Å². The second-order valence-corrected chi connectivity index (χ2v) is 5.49. The molecule has 0 atom stereocenters. The lowest BCUT2D eigenvalue weighted by molar-refractivity contribution is 0.321. The zero-order valence-corrected chi connectivity index (χ0v) is 13.4. The molecule has 0 N–H and O–H groups in total. The van der Waals surface area contributed by atoms with Gasteiger partial charge in [0.05, 0.1) is 8.95 Å². The van der Waals surface area contributed by atoms with E-state index in [9.17, 15) is 35.1 Å². The van der Waals surface area contributed by atoms with Crippen molar-refractivity contribution in [2.45, 2.75) is 0 Å². The molecule has 0 radical (unpaired) electrons. The Kier molecular flexibility index (Phi) is 4.90. The van der Waals surface area contributed by atoms with Crippen LogP contribution < -0.4 is 4.74 Å². The Hall–Kier alpha value is -1.36. The molecule has 0 saturated heterocycles. The molecule has 0 aliphatic heterocycles. The fourth-order valence-electron chi connectivity index (χ4n) is 1.45. The van der Waals surface area contributed by atoms with Crippen molar-refractivity contribution in [3.63, 3.8) is 0 Å². The molecular weight excluding hydrogens is 472 g/mol. The van der Waals surface area contributed by atoms with Crippen LogP contribution in [0, 0.1) is 46.5 Å². The quantitative estimate of drug-likeness (QED) is 0.291. The van der Waals surface area contributed by atoms with Gasteiger partial charge in [-0.3, -0.25) is 0 Å². The van der Waals surface area contributed by atoms with Gasteiger partial charge in [0.25, 0.3) is 0 Å². The van der Waals surface area contributed by atoms with Gasteiger partial charge in [-0.25, -0.2) is 17.6 Å². The smallest absolute Gasteiger partial charge is 0.205 e. The van der Waals surface area contributed by atoms with Crippen molar-refractivity contribution in [3.05, 3.63) is 55.5 Å². The monoisotopic (exact) mass is 470 g/mol. The van der Waals surface area contributed by atoms with E-state index < -0.39 is 67.0 Å². The van der Waals surface area contributed by atoms with Crippen molar-refractivity contribution < 1.29 is 39.9 Å². The summed E-state index contributed by atoms with van der Waals surface area (Å²) in [5.74, 6) is -20.4. The van der Waals surface area contributed by atoms with Gasteiger partial charge in [0.2, 0.25) is 34.8 Å². The minimum absolute atomic E-state index is 1.24. The Labute approximate surface area is 139 Å². The highest BCUT2D eigenvalue weighted by Gasteiger charge is 2.31. The second kappa shape index (κ2) is 6.27. The van der Waals surface area contributed by atoms with Crippen molar-refractivity contribution in [2.75, 3.05) is 0 Å². The van der Waals surface area contributed by atoms with Crippen LogP contribution in [0.25, 0.3) is 0 Å². The zero-order chi connectivity index (χ0) is 17.6. The largest absolute Gasteiger partial charge is 0.444 e. The van der Waals surface area contributed by atoms with E-state index in [1.54, 1.807) is 0 Å². The molecule has 0 spiro atoms. The molecule has 0 saturated carbocycles. The molecular formula is C12Br2F8O. The van der Waals surface area contributed by atoms with Crippen molar-refractivity contribution in [1.82, 2.24) is 0 Å². The highest BCUT2D eigenvalue weighted by molar-refractivity contribution is 9.10. The number of halogens is 10. The summed E-state index contributed by atoms with van der Waals surface area (Å²) in [4.78, 5) is 0. The number of rotatable bonds is 2. The summed E-state index contributed by atoms with van der Waals surface area (Å²) < 4.78 is 109. The molecule has 2 aromatic carbocycles. The molecule has 0 aliphatic rings. The first-order valence-electron chi connectivity index (χ1n) is 5.30. The molecule has 1 nitrogen and oxygen atoms in total. The SMILES string of the molecule is Fc1c(F)c(Oc2c(F)c(F)c(Br)c(F)c2F)c(F)c(F)c1Br. The van der Waals surface area contributed by atoms with Crippen LogP contribution in [0.15, 0.2) is 8.95 Å². The van der Waals surface area contributed by atoms with Crippen molar-refractivity contribution >= 4 is 31.9 Å². The number of benzene rings is 2. The van der Waals surface area contributed by atoms with Crippen molar-refractivity contribution in [3.8, 4) is 11.5 Å².